The van der Waals surface area contributed by atoms with Crippen LogP contribution in [0, 0.1) is 5.92 Å². The Balaban J connectivity index is 1.55. The minimum atomic E-state index is -0.0892. The molecule has 27 heavy (non-hydrogen) atoms. The summed E-state index contributed by atoms with van der Waals surface area (Å²) in [4.78, 5) is 40.8. The van der Waals surface area contributed by atoms with Crippen LogP contribution < -0.4 is 5.32 Å². The monoisotopic (exact) mass is 371 g/mol. The van der Waals surface area contributed by atoms with E-state index in [1.807, 2.05) is 28.9 Å². The van der Waals surface area contributed by atoms with Crippen molar-refractivity contribution in [3.63, 3.8) is 0 Å². The van der Waals surface area contributed by atoms with Gasteiger partial charge in [-0.3, -0.25) is 14.4 Å². The number of likely N-dealkylation sites (tertiary alicyclic amines) is 2. The minimum Gasteiger partial charge on any atom is -0.343 e. The van der Waals surface area contributed by atoms with Gasteiger partial charge < -0.3 is 15.1 Å². The van der Waals surface area contributed by atoms with E-state index in [-0.39, 0.29) is 23.6 Å². The molecule has 3 rings (SSSR count). The standard InChI is InChI=1S/C21H29N3O3/c1-2-6-19(25)23-13-9-16(10-14-23)20(26)22-18-8-5-7-17(15-18)21(27)24-11-3-4-12-24/h5,7-8,15-16H,2-4,6,9-14H2,1H3,(H,22,26). The Kier molecular flexibility index (Phi) is 6.48. The molecule has 2 saturated heterocycles. The van der Waals surface area contributed by atoms with Crippen molar-refractivity contribution in [2.75, 3.05) is 31.5 Å². The van der Waals surface area contributed by atoms with E-state index in [4.69, 9.17) is 0 Å². The summed E-state index contributed by atoms with van der Waals surface area (Å²) in [5.74, 6) is 0.104. The number of carbonyl (C=O) groups excluding carboxylic acids is 3. The van der Waals surface area contributed by atoms with Crippen molar-refractivity contribution < 1.29 is 14.4 Å². The Morgan fingerprint density at radius 3 is 2.41 bits per heavy atom. The summed E-state index contributed by atoms with van der Waals surface area (Å²) in [6.45, 7) is 4.91. The predicted molar refractivity (Wildman–Crippen MR) is 104 cm³/mol. The van der Waals surface area contributed by atoms with Gasteiger partial charge in [0.05, 0.1) is 0 Å². The highest BCUT2D eigenvalue weighted by Crippen LogP contribution is 2.21. The lowest BCUT2D eigenvalue weighted by Crippen LogP contribution is -2.41. The van der Waals surface area contributed by atoms with Gasteiger partial charge in [-0.25, -0.2) is 0 Å². The molecule has 3 amide bonds. The molecule has 1 N–H and O–H groups in total. The first-order chi connectivity index (χ1) is 13.1. The molecule has 6 heteroatoms. The fraction of sp³-hybridized carbons (Fsp3) is 0.571. The van der Waals surface area contributed by atoms with Gasteiger partial charge in [-0.15, -0.1) is 0 Å². The molecular weight excluding hydrogens is 342 g/mol. The zero-order chi connectivity index (χ0) is 19.2. The van der Waals surface area contributed by atoms with E-state index in [0.717, 1.165) is 32.4 Å². The molecule has 0 atom stereocenters. The van der Waals surface area contributed by atoms with Gasteiger partial charge in [0, 0.05) is 49.8 Å². The van der Waals surface area contributed by atoms with Crippen molar-refractivity contribution in [1.82, 2.24) is 9.80 Å². The van der Waals surface area contributed by atoms with Crippen LogP contribution in [-0.4, -0.2) is 53.7 Å². The van der Waals surface area contributed by atoms with Crippen molar-refractivity contribution >= 4 is 23.4 Å². The number of hydrogen-bond donors (Lipinski definition) is 1. The number of hydrogen-bond acceptors (Lipinski definition) is 3. The largest absolute Gasteiger partial charge is 0.343 e. The van der Waals surface area contributed by atoms with Crippen LogP contribution in [0.1, 0.15) is 55.8 Å². The van der Waals surface area contributed by atoms with Gasteiger partial charge in [-0.2, -0.15) is 0 Å². The lowest BCUT2D eigenvalue weighted by atomic mass is 9.95. The third kappa shape index (κ3) is 4.87. The van der Waals surface area contributed by atoms with Crippen molar-refractivity contribution in [3.05, 3.63) is 29.8 Å². The van der Waals surface area contributed by atoms with Crippen LogP contribution in [0.2, 0.25) is 0 Å². The maximum atomic E-state index is 12.6. The van der Waals surface area contributed by atoms with Crippen LogP contribution in [0.4, 0.5) is 5.69 Å². The van der Waals surface area contributed by atoms with Gasteiger partial charge in [-0.1, -0.05) is 13.0 Å². The molecule has 146 valence electrons. The van der Waals surface area contributed by atoms with Crippen LogP contribution >= 0.6 is 0 Å². The number of anilines is 1. The van der Waals surface area contributed by atoms with Crippen LogP contribution in [0.3, 0.4) is 0 Å². The number of rotatable bonds is 5. The fourth-order valence-corrected chi connectivity index (χ4v) is 3.84. The minimum absolute atomic E-state index is 0.0247. The number of nitrogens with one attached hydrogen (secondary N) is 1. The Morgan fingerprint density at radius 1 is 1.04 bits per heavy atom. The lowest BCUT2D eigenvalue weighted by molar-refractivity contribution is -0.134. The van der Waals surface area contributed by atoms with Gasteiger partial charge in [0.25, 0.3) is 5.91 Å². The SMILES string of the molecule is CCCC(=O)N1CCC(C(=O)Nc2cccc(C(=O)N3CCCC3)c2)CC1. The Hall–Kier alpha value is -2.37. The molecule has 0 spiro atoms. The van der Waals surface area contributed by atoms with Crippen molar-refractivity contribution in [1.29, 1.82) is 0 Å². The second-order valence-electron chi connectivity index (χ2n) is 7.47. The highest BCUT2D eigenvalue weighted by molar-refractivity contribution is 5.97. The lowest BCUT2D eigenvalue weighted by Gasteiger charge is -2.31. The molecule has 0 aromatic heterocycles. The molecule has 2 aliphatic heterocycles. The second-order valence-corrected chi connectivity index (χ2v) is 7.47. The fourth-order valence-electron chi connectivity index (χ4n) is 3.84. The molecule has 0 unspecified atom stereocenters. The van der Waals surface area contributed by atoms with Crippen molar-refractivity contribution in [2.24, 2.45) is 5.92 Å². The third-order valence-electron chi connectivity index (χ3n) is 5.45. The molecule has 2 heterocycles. The molecule has 0 aliphatic carbocycles. The Morgan fingerprint density at radius 2 is 1.74 bits per heavy atom. The van der Waals surface area contributed by atoms with E-state index in [0.29, 0.717) is 43.6 Å². The topological polar surface area (TPSA) is 69.7 Å². The smallest absolute Gasteiger partial charge is 0.253 e. The first kappa shape index (κ1) is 19.4. The first-order valence-corrected chi connectivity index (χ1v) is 10.1. The van der Waals surface area contributed by atoms with Gasteiger partial charge in [0.2, 0.25) is 11.8 Å². The highest BCUT2D eigenvalue weighted by Gasteiger charge is 2.27. The number of nitrogens with zero attached hydrogens (tertiary/aromatic N) is 2. The van der Waals surface area contributed by atoms with Crippen LogP contribution in [0.15, 0.2) is 24.3 Å². The van der Waals surface area contributed by atoms with E-state index in [9.17, 15) is 14.4 Å². The summed E-state index contributed by atoms with van der Waals surface area (Å²) >= 11 is 0. The average molecular weight is 371 g/mol. The molecule has 0 radical (unpaired) electrons. The molecule has 2 fully saturated rings. The second kappa shape index (κ2) is 9.02. The van der Waals surface area contributed by atoms with E-state index in [2.05, 4.69) is 5.32 Å². The van der Waals surface area contributed by atoms with Crippen LogP contribution in [0.25, 0.3) is 0 Å². The Labute approximate surface area is 160 Å². The van der Waals surface area contributed by atoms with E-state index >= 15 is 0 Å². The normalized spacial score (nSPS) is 17.8. The maximum Gasteiger partial charge on any atom is 0.253 e. The van der Waals surface area contributed by atoms with E-state index < -0.39 is 0 Å². The van der Waals surface area contributed by atoms with Crippen LogP contribution in [0.5, 0.6) is 0 Å². The van der Waals surface area contributed by atoms with Gasteiger partial charge in [0.1, 0.15) is 0 Å². The molecular formula is C21H29N3O3. The molecule has 1 aromatic carbocycles. The van der Waals surface area contributed by atoms with Crippen LogP contribution in [-0.2, 0) is 9.59 Å². The van der Waals surface area contributed by atoms with Gasteiger partial charge in [-0.05, 0) is 50.3 Å². The molecule has 0 saturated carbocycles. The zero-order valence-electron chi connectivity index (χ0n) is 16.1. The third-order valence-corrected chi connectivity index (χ3v) is 5.45. The summed E-state index contributed by atoms with van der Waals surface area (Å²) in [6.07, 6.45) is 4.92. The number of carbonyl (C=O) groups is 3. The quantitative estimate of drug-likeness (QED) is 0.865. The number of benzene rings is 1. The Bertz CT molecular complexity index is 690. The van der Waals surface area contributed by atoms with Gasteiger partial charge >= 0.3 is 0 Å². The number of piperidine rings is 1. The molecule has 1 aromatic rings. The summed E-state index contributed by atoms with van der Waals surface area (Å²) < 4.78 is 0. The first-order valence-electron chi connectivity index (χ1n) is 10.1. The number of amides is 3. The van der Waals surface area contributed by atoms with Gasteiger partial charge in [0.15, 0.2) is 0 Å². The summed E-state index contributed by atoms with van der Waals surface area (Å²) in [7, 11) is 0. The molecule has 0 bridgehead atoms. The van der Waals surface area contributed by atoms with E-state index in [1.54, 1.807) is 12.1 Å². The molecule has 2 aliphatic rings. The van der Waals surface area contributed by atoms with E-state index in [1.165, 1.54) is 0 Å². The summed E-state index contributed by atoms with van der Waals surface area (Å²) in [5.41, 5.74) is 1.28. The van der Waals surface area contributed by atoms with Crippen molar-refractivity contribution in [2.45, 2.75) is 45.4 Å². The zero-order valence-corrected chi connectivity index (χ0v) is 16.1. The average Bonchev–Trinajstić information content (AvgIpc) is 3.22. The maximum absolute atomic E-state index is 12.6. The molecule has 6 nitrogen and oxygen atoms in total. The summed E-state index contributed by atoms with van der Waals surface area (Å²) in [5, 5.41) is 2.95. The van der Waals surface area contributed by atoms with Crippen molar-refractivity contribution in [3.8, 4) is 0 Å². The summed E-state index contributed by atoms with van der Waals surface area (Å²) in [6, 6.07) is 7.19. The predicted octanol–water partition coefficient (Wildman–Crippen LogP) is 2.90. The highest BCUT2D eigenvalue weighted by atomic mass is 16.2.